The molecule has 1 aliphatic heterocycles. The molecule has 5 heteroatoms. The maximum absolute atomic E-state index is 6.27. The van der Waals surface area contributed by atoms with Gasteiger partial charge < -0.3 is 0 Å². The van der Waals surface area contributed by atoms with Gasteiger partial charge in [-0.15, -0.1) is 0 Å². The van der Waals surface area contributed by atoms with Crippen molar-refractivity contribution in [3.63, 3.8) is 0 Å². The highest BCUT2D eigenvalue weighted by Crippen LogP contribution is 2.26. The van der Waals surface area contributed by atoms with E-state index < -0.39 is 0 Å². The van der Waals surface area contributed by atoms with Crippen LogP contribution >= 0.6 is 39.1 Å². The van der Waals surface area contributed by atoms with Crippen molar-refractivity contribution in [3.05, 3.63) is 68.1 Å². The summed E-state index contributed by atoms with van der Waals surface area (Å²) in [6, 6.07) is 14.2. The molecule has 23 heavy (non-hydrogen) atoms. The van der Waals surface area contributed by atoms with Crippen LogP contribution in [0.25, 0.3) is 0 Å². The summed E-state index contributed by atoms with van der Waals surface area (Å²) < 4.78 is 1.14. The van der Waals surface area contributed by atoms with Gasteiger partial charge in [-0.25, -0.2) is 0 Å². The second kappa shape index (κ2) is 8.00. The van der Waals surface area contributed by atoms with Gasteiger partial charge in [0.25, 0.3) is 0 Å². The molecule has 0 atom stereocenters. The molecule has 2 aromatic rings. The van der Waals surface area contributed by atoms with Crippen molar-refractivity contribution in [2.45, 2.75) is 13.1 Å². The van der Waals surface area contributed by atoms with Crippen LogP contribution in [-0.4, -0.2) is 36.0 Å². The summed E-state index contributed by atoms with van der Waals surface area (Å²) in [4.78, 5) is 4.91. The molecule has 2 nitrogen and oxygen atoms in total. The molecular weight excluding hydrogens is 395 g/mol. The van der Waals surface area contributed by atoms with Crippen LogP contribution in [-0.2, 0) is 13.1 Å². The standard InChI is InChI=1S/C18H19BrCl2N2/c19-15-4-1-3-14(11-15)12-22-7-9-23(10-8-22)13-16-17(20)5-2-6-18(16)21/h1-6,11H,7-10,12-13H2. The third-order valence-electron chi connectivity index (χ3n) is 4.20. The number of halogens is 3. The number of benzene rings is 2. The highest BCUT2D eigenvalue weighted by molar-refractivity contribution is 9.10. The molecular formula is C18H19BrCl2N2. The first kappa shape index (κ1) is 17.2. The Hall–Kier alpha value is -0.580. The zero-order valence-corrected chi connectivity index (χ0v) is 15.9. The number of piperazine rings is 1. The number of nitrogens with zero attached hydrogens (tertiary/aromatic N) is 2. The van der Waals surface area contributed by atoms with Gasteiger partial charge in [-0.1, -0.05) is 57.3 Å². The van der Waals surface area contributed by atoms with Crippen LogP contribution in [0.3, 0.4) is 0 Å². The van der Waals surface area contributed by atoms with Crippen LogP contribution in [0.4, 0.5) is 0 Å². The largest absolute Gasteiger partial charge is 0.297 e. The molecule has 0 aliphatic carbocycles. The van der Waals surface area contributed by atoms with E-state index in [1.807, 2.05) is 18.2 Å². The minimum Gasteiger partial charge on any atom is -0.297 e. The molecule has 0 bridgehead atoms. The predicted molar refractivity (Wildman–Crippen MR) is 101 cm³/mol. The smallest absolute Gasteiger partial charge is 0.0465 e. The van der Waals surface area contributed by atoms with Crippen molar-refractivity contribution in [1.29, 1.82) is 0 Å². The van der Waals surface area contributed by atoms with E-state index in [0.29, 0.717) is 0 Å². The molecule has 0 N–H and O–H groups in total. The average molecular weight is 414 g/mol. The summed E-state index contributed by atoms with van der Waals surface area (Å²) in [5.74, 6) is 0. The fraction of sp³-hybridized carbons (Fsp3) is 0.333. The van der Waals surface area contributed by atoms with Gasteiger partial charge in [0.2, 0.25) is 0 Å². The van der Waals surface area contributed by atoms with E-state index in [-0.39, 0.29) is 0 Å². The molecule has 1 fully saturated rings. The molecule has 1 saturated heterocycles. The van der Waals surface area contributed by atoms with E-state index in [0.717, 1.165) is 59.3 Å². The Labute approximate surface area is 156 Å². The first-order valence-electron chi connectivity index (χ1n) is 7.74. The van der Waals surface area contributed by atoms with Crippen molar-refractivity contribution >= 4 is 39.1 Å². The lowest BCUT2D eigenvalue weighted by Gasteiger charge is -2.35. The van der Waals surface area contributed by atoms with E-state index >= 15 is 0 Å². The lowest BCUT2D eigenvalue weighted by atomic mass is 10.1. The molecule has 2 aromatic carbocycles. The Morgan fingerprint density at radius 2 is 1.39 bits per heavy atom. The van der Waals surface area contributed by atoms with E-state index in [1.54, 1.807) is 0 Å². The van der Waals surface area contributed by atoms with Gasteiger partial charge in [-0.05, 0) is 29.8 Å². The summed E-state index contributed by atoms with van der Waals surface area (Å²) in [5.41, 5.74) is 2.39. The normalized spacial score (nSPS) is 16.7. The second-order valence-corrected chi connectivity index (χ2v) is 7.61. The number of rotatable bonds is 4. The molecule has 0 spiro atoms. The first-order valence-corrected chi connectivity index (χ1v) is 9.29. The summed E-state index contributed by atoms with van der Waals surface area (Å²) in [6.07, 6.45) is 0. The molecule has 0 aromatic heterocycles. The van der Waals surface area contributed by atoms with Crippen molar-refractivity contribution in [3.8, 4) is 0 Å². The average Bonchev–Trinajstić information content (AvgIpc) is 2.53. The van der Waals surface area contributed by atoms with Crippen LogP contribution in [0.2, 0.25) is 10.0 Å². The zero-order chi connectivity index (χ0) is 16.2. The van der Waals surface area contributed by atoms with Crippen LogP contribution in [0, 0.1) is 0 Å². The van der Waals surface area contributed by atoms with E-state index in [9.17, 15) is 0 Å². The third kappa shape index (κ3) is 4.71. The van der Waals surface area contributed by atoms with E-state index in [1.165, 1.54) is 5.56 Å². The quantitative estimate of drug-likeness (QED) is 0.689. The maximum atomic E-state index is 6.27. The van der Waals surface area contributed by atoms with Gasteiger partial charge in [0.05, 0.1) is 0 Å². The van der Waals surface area contributed by atoms with E-state index in [2.05, 4.69) is 50.0 Å². The van der Waals surface area contributed by atoms with Gasteiger partial charge in [0, 0.05) is 59.3 Å². The van der Waals surface area contributed by atoms with Gasteiger partial charge in [-0.3, -0.25) is 9.80 Å². The zero-order valence-electron chi connectivity index (χ0n) is 12.8. The summed E-state index contributed by atoms with van der Waals surface area (Å²) in [7, 11) is 0. The van der Waals surface area contributed by atoms with Crippen LogP contribution in [0.5, 0.6) is 0 Å². The summed E-state index contributed by atoms with van der Waals surface area (Å²) in [5, 5.41) is 1.52. The lowest BCUT2D eigenvalue weighted by molar-refractivity contribution is 0.122. The Bertz CT molecular complexity index is 650. The van der Waals surface area contributed by atoms with Gasteiger partial charge in [0.15, 0.2) is 0 Å². The Morgan fingerprint density at radius 3 is 2.00 bits per heavy atom. The second-order valence-electron chi connectivity index (χ2n) is 5.88. The number of hydrogen-bond acceptors (Lipinski definition) is 2. The molecule has 0 saturated carbocycles. The Morgan fingerprint density at radius 1 is 0.826 bits per heavy atom. The maximum Gasteiger partial charge on any atom is 0.0465 e. The van der Waals surface area contributed by atoms with Crippen molar-refractivity contribution in [2.75, 3.05) is 26.2 Å². The van der Waals surface area contributed by atoms with Crippen molar-refractivity contribution in [2.24, 2.45) is 0 Å². The minimum absolute atomic E-state index is 0.758. The van der Waals surface area contributed by atoms with Crippen LogP contribution < -0.4 is 0 Å². The Balaban J connectivity index is 1.54. The van der Waals surface area contributed by atoms with Gasteiger partial charge >= 0.3 is 0 Å². The summed E-state index contributed by atoms with van der Waals surface area (Å²) >= 11 is 16.1. The summed E-state index contributed by atoms with van der Waals surface area (Å²) in [6.45, 7) is 6.03. The highest BCUT2D eigenvalue weighted by Gasteiger charge is 2.19. The van der Waals surface area contributed by atoms with E-state index in [4.69, 9.17) is 23.2 Å². The van der Waals surface area contributed by atoms with Crippen molar-refractivity contribution < 1.29 is 0 Å². The fourth-order valence-corrected chi connectivity index (χ4v) is 3.87. The number of hydrogen-bond donors (Lipinski definition) is 0. The predicted octanol–water partition coefficient (Wildman–Crippen LogP) is 5.07. The van der Waals surface area contributed by atoms with Gasteiger partial charge in [0.1, 0.15) is 0 Å². The molecule has 1 heterocycles. The highest BCUT2D eigenvalue weighted by atomic mass is 79.9. The lowest BCUT2D eigenvalue weighted by Crippen LogP contribution is -2.45. The SMILES string of the molecule is Clc1cccc(Cl)c1CN1CCN(Cc2cccc(Br)c2)CC1. The topological polar surface area (TPSA) is 6.48 Å². The monoisotopic (exact) mass is 412 g/mol. The van der Waals surface area contributed by atoms with Crippen LogP contribution in [0.15, 0.2) is 46.9 Å². The molecule has 0 unspecified atom stereocenters. The molecule has 3 rings (SSSR count). The molecule has 0 amide bonds. The van der Waals surface area contributed by atoms with Crippen molar-refractivity contribution in [1.82, 2.24) is 9.80 Å². The molecule has 1 aliphatic rings. The fourth-order valence-electron chi connectivity index (χ4n) is 2.91. The third-order valence-corrected chi connectivity index (χ3v) is 5.41. The Kier molecular flexibility index (Phi) is 6.00. The van der Waals surface area contributed by atoms with Gasteiger partial charge in [-0.2, -0.15) is 0 Å². The molecule has 0 radical (unpaired) electrons. The first-order chi connectivity index (χ1) is 11.1. The molecule has 122 valence electrons. The van der Waals surface area contributed by atoms with Crippen LogP contribution in [0.1, 0.15) is 11.1 Å². The minimum atomic E-state index is 0.758.